The third-order valence-electron chi connectivity index (χ3n) is 5.05. The number of carbonyl (C=O) groups excluding carboxylic acids is 2. The van der Waals surface area contributed by atoms with Crippen molar-refractivity contribution in [1.29, 1.82) is 0 Å². The van der Waals surface area contributed by atoms with E-state index in [-0.39, 0.29) is 46.1 Å². The van der Waals surface area contributed by atoms with Crippen molar-refractivity contribution in [1.82, 2.24) is 15.2 Å². The molecule has 2 aromatic rings. The number of fused-ring (bicyclic) bond motifs is 2. The number of pyridine rings is 1. The molecule has 2 aliphatic rings. The van der Waals surface area contributed by atoms with Gasteiger partial charge in [0.2, 0.25) is 11.8 Å². The van der Waals surface area contributed by atoms with Crippen LogP contribution in [0.4, 0.5) is 19.0 Å². The van der Waals surface area contributed by atoms with E-state index in [1.807, 2.05) is 0 Å². The lowest BCUT2D eigenvalue weighted by Crippen LogP contribution is -2.31. The second-order valence-electron chi connectivity index (χ2n) is 6.60. The van der Waals surface area contributed by atoms with Crippen LogP contribution >= 0.6 is 0 Å². The molecule has 3 heterocycles. The van der Waals surface area contributed by atoms with Gasteiger partial charge in [-0.2, -0.15) is 18.3 Å². The van der Waals surface area contributed by atoms with Gasteiger partial charge in [0, 0.05) is 0 Å². The van der Waals surface area contributed by atoms with Crippen LogP contribution in [0.5, 0.6) is 0 Å². The Labute approximate surface area is 140 Å². The largest absolute Gasteiger partial charge is 0.433 e. The summed E-state index contributed by atoms with van der Waals surface area (Å²) in [5, 5.41) is 6.65. The van der Waals surface area contributed by atoms with Crippen LogP contribution in [0.1, 0.15) is 36.9 Å². The molecule has 0 radical (unpaired) electrons. The van der Waals surface area contributed by atoms with Crippen LogP contribution in [0.15, 0.2) is 6.07 Å². The van der Waals surface area contributed by atoms with Crippen LogP contribution in [-0.4, -0.2) is 27.0 Å². The Morgan fingerprint density at radius 2 is 1.76 bits per heavy atom. The van der Waals surface area contributed by atoms with E-state index in [2.05, 4.69) is 15.2 Å². The number of hydrogen-bond acceptors (Lipinski definition) is 4. The topological polar surface area (TPSA) is 79.0 Å². The standard InChI is InChI=1S/C16H15F3N4O2/c1-7-6-10(16(17,18)19)20-12-11(7)13(22-21-12)23-14(24)8-4-2-3-5-9(8)15(23)25/h6,8-9H,2-5H2,1H3,(H,20,21,22)/t8-,9-/m1/s1. The first-order valence-corrected chi connectivity index (χ1v) is 8.09. The van der Waals surface area contributed by atoms with Gasteiger partial charge in [0.05, 0.1) is 17.2 Å². The maximum Gasteiger partial charge on any atom is 0.433 e. The van der Waals surface area contributed by atoms with Crippen molar-refractivity contribution in [2.24, 2.45) is 11.8 Å². The molecule has 1 N–H and O–H groups in total. The van der Waals surface area contributed by atoms with Crippen LogP contribution in [0.3, 0.4) is 0 Å². The number of carbonyl (C=O) groups is 2. The molecule has 2 aromatic heterocycles. The van der Waals surface area contributed by atoms with Gasteiger partial charge in [0.25, 0.3) is 0 Å². The summed E-state index contributed by atoms with van der Waals surface area (Å²) in [5.74, 6) is -1.28. The maximum atomic E-state index is 12.9. The molecule has 2 fully saturated rings. The number of rotatable bonds is 1. The Hall–Kier alpha value is -2.45. The van der Waals surface area contributed by atoms with Crippen LogP contribution in [0.2, 0.25) is 0 Å². The summed E-state index contributed by atoms with van der Waals surface area (Å²) in [6.07, 6.45) is -1.48. The minimum Gasteiger partial charge on any atom is -0.274 e. The zero-order valence-electron chi connectivity index (χ0n) is 13.4. The quantitative estimate of drug-likeness (QED) is 0.801. The van der Waals surface area contributed by atoms with Gasteiger partial charge in [-0.1, -0.05) is 12.8 Å². The third-order valence-corrected chi connectivity index (χ3v) is 5.05. The van der Waals surface area contributed by atoms with Gasteiger partial charge in [-0.05, 0) is 31.4 Å². The van der Waals surface area contributed by atoms with Gasteiger partial charge in [-0.25, -0.2) is 9.88 Å². The van der Waals surface area contributed by atoms with Crippen molar-refractivity contribution < 1.29 is 22.8 Å². The number of H-pyrrole nitrogens is 1. The zero-order valence-corrected chi connectivity index (χ0v) is 13.4. The number of amides is 2. The first-order valence-electron chi connectivity index (χ1n) is 8.09. The number of anilines is 1. The molecular formula is C16H15F3N4O2. The third kappa shape index (κ3) is 2.32. The number of imide groups is 1. The molecule has 132 valence electrons. The second kappa shape index (κ2) is 5.27. The minimum atomic E-state index is -4.58. The van der Waals surface area contributed by atoms with Gasteiger partial charge >= 0.3 is 6.18 Å². The number of nitrogens with zero attached hydrogens (tertiary/aromatic N) is 3. The summed E-state index contributed by atoms with van der Waals surface area (Å²) in [6, 6.07) is 0.902. The highest BCUT2D eigenvalue weighted by Gasteiger charge is 2.50. The zero-order chi connectivity index (χ0) is 17.9. The van der Waals surface area contributed by atoms with Crippen LogP contribution in [0.25, 0.3) is 11.0 Å². The Kier molecular flexibility index (Phi) is 3.38. The monoisotopic (exact) mass is 352 g/mol. The summed E-state index contributed by atoms with van der Waals surface area (Å²) >= 11 is 0. The Bertz CT molecular complexity index is 865. The molecule has 1 aliphatic carbocycles. The Morgan fingerprint density at radius 3 is 2.32 bits per heavy atom. The van der Waals surface area contributed by atoms with Gasteiger partial charge in [0.15, 0.2) is 11.5 Å². The van der Waals surface area contributed by atoms with E-state index in [1.54, 1.807) is 0 Å². The van der Waals surface area contributed by atoms with Gasteiger partial charge in [-0.3, -0.25) is 14.7 Å². The molecule has 9 heteroatoms. The first-order chi connectivity index (χ1) is 11.8. The molecule has 0 unspecified atom stereocenters. The van der Waals surface area contributed by atoms with Gasteiger partial charge in [-0.15, -0.1) is 0 Å². The molecule has 25 heavy (non-hydrogen) atoms. The molecule has 1 saturated carbocycles. The lowest BCUT2D eigenvalue weighted by atomic mass is 9.81. The smallest absolute Gasteiger partial charge is 0.274 e. The van der Waals surface area contributed by atoms with E-state index in [9.17, 15) is 22.8 Å². The lowest BCUT2D eigenvalue weighted by Gasteiger charge is -2.19. The van der Waals surface area contributed by atoms with Crippen LogP contribution < -0.4 is 4.90 Å². The summed E-state index contributed by atoms with van der Waals surface area (Å²) in [6.45, 7) is 1.48. The van der Waals surface area contributed by atoms with E-state index in [4.69, 9.17) is 0 Å². The predicted molar refractivity (Wildman–Crippen MR) is 81.6 cm³/mol. The average molecular weight is 352 g/mol. The molecule has 0 aromatic carbocycles. The van der Waals surface area contributed by atoms with Gasteiger partial charge in [0.1, 0.15) is 5.69 Å². The number of aromatic nitrogens is 3. The highest BCUT2D eigenvalue weighted by atomic mass is 19.4. The molecule has 0 spiro atoms. The molecule has 6 nitrogen and oxygen atoms in total. The van der Waals surface area contributed by atoms with Crippen molar-refractivity contribution in [3.05, 3.63) is 17.3 Å². The van der Waals surface area contributed by atoms with Crippen molar-refractivity contribution >= 4 is 28.7 Å². The van der Waals surface area contributed by atoms with Crippen LogP contribution in [0, 0.1) is 18.8 Å². The van der Waals surface area contributed by atoms with Gasteiger partial charge < -0.3 is 0 Å². The fourth-order valence-corrected chi connectivity index (χ4v) is 3.88. The highest BCUT2D eigenvalue weighted by molar-refractivity contribution is 6.24. The van der Waals surface area contributed by atoms with Crippen molar-refractivity contribution in [2.75, 3.05) is 4.90 Å². The molecule has 1 saturated heterocycles. The van der Waals surface area contributed by atoms with E-state index in [0.717, 1.165) is 23.8 Å². The number of hydrogen-bond donors (Lipinski definition) is 1. The van der Waals surface area contributed by atoms with E-state index in [0.29, 0.717) is 12.8 Å². The number of aryl methyl sites for hydroxylation is 1. The lowest BCUT2D eigenvalue weighted by molar-refractivity contribution is -0.141. The maximum absolute atomic E-state index is 12.9. The molecule has 1 aliphatic heterocycles. The van der Waals surface area contributed by atoms with Crippen molar-refractivity contribution in [3.8, 4) is 0 Å². The van der Waals surface area contributed by atoms with E-state index < -0.39 is 11.9 Å². The number of alkyl halides is 3. The van der Waals surface area contributed by atoms with E-state index in [1.165, 1.54) is 6.92 Å². The molecule has 2 atom stereocenters. The summed E-state index contributed by atoms with van der Waals surface area (Å²) < 4.78 is 38.7. The number of nitrogens with one attached hydrogen (secondary N) is 1. The normalized spacial score (nSPS) is 24.2. The fraction of sp³-hybridized carbons (Fsp3) is 0.500. The summed E-state index contributed by atoms with van der Waals surface area (Å²) in [5.41, 5.74) is -0.866. The van der Waals surface area contributed by atoms with E-state index >= 15 is 0 Å². The predicted octanol–water partition coefficient (Wildman–Crippen LogP) is 2.96. The van der Waals surface area contributed by atoms with Crippen LogP contribution in [-0.2, 0) is 15.8 Å². The summed E-state index contributed by atoms with van der Waals surface area (Å²) in [4.78, 5) is 29.9. The Morgan fingerprint density at radius 1 is 1.16 bits per heavy atom. The molecular weight excluding hydrogens is 337 g/mol. The minimum absolute atomic E-state index is 0.0538. The van der Waals surface area contributed by atoms with Crippen molar-refractivity contribution in [3.63, 3.8) is 0 Å². The fourth-order valence-electron chi connectivity index (χ4n) is 3.88. The number of aromatic amines is 1. The molecule has 2 amide bonds. The molecule has 0 bridgehead atoms. The first kappa shape index (κ1) is 16.0. The summed E-state index contributed by atoms with van der Waals surface area (Å²) in [7, 11) is 0. The SMILES string of the molecule is Cc1cc(C(F)(F)F)nc2[nH]nc(N3C(=O)[C@@H]4CCCC[C@H]4C3=O)c12. The average Bonchev–Trinajstić information content (AvgIpc) is 3.07. The highest BCUT2D eigenvalue weighted by Crippen LogP contribution is 2.42. The Balaban J connectivity index is 1.82. The van der Waals surface area contributed by atoms with Crippen molar-refractivity contribution in [2.45, 2.75) is 38.8 Å². The number of halogens is 3. The second-order valence-corrected chi connectivity index (χ2v) is 6.60. The molecule has 4 rings (SSSR count).